The highest BCUT2D eigenvalue weighted by Crippen LogP contribution is 2.22. The van der Waals surface area contributed by atoms with E-state index in [-0.39, 0.29) is 42.0 Å². The number of amides is 1. The van der Waals surface area contributed by atoms with Crippen molar-refractivity contribution in [2.75, 3.05) is 13.7 Å². The summed E-state index contributed by atoms with van der Waals surface area (Å²) in [7, 11) is 1.30. The summed E-state index contributed by atoms with van der Waals surface area (Å²) in [4.78, 5) is 59.5. The number of nitrogens with one attached hydrogen (secondary N) is 1. The van der Waals surface area contributed by atoms with Crippen LogP contribution < -0.4 is 11.2 Å². The Balaban J connectivity index is 2.20. The van der Waals surface area contributed by atoms with Crippen LogP contribution in [0.4, 0.5) is 0 Å². The molecule has 0 aliphatic rings. The minimum Gasteiger partial charge on any atom is -0.469 e. The molecular formula is C25H30N4O5. The molecule has 0 saturated heterocycles. The first-order valence-corrected chi connectivity index (χ1v) is 11.3. The second-order valence-electron chi connectivity index (χ2n) is 8.40. The number of fused-ring (bicyclic) bond motifs is 1. The highest BCUT2D eigenvalue weighted by atomic mass is 16.5. The van der Waals surface area contributed by atoms with E-state index in [2.05, 4.69) is 9.97 Å². The minimum absolute atomic E-state index is 0.00598. The van der Waals surface area contributed by atoms with Gasteiger partial charge in [-0.05, 0) is 24.0 Å². The normalized spacial score (nSPS) is 11.1. The van der Waals surface area contributed by atoms with E-state index in [1.54, 1.807) is 6.07 Å². The lowest BCUT2D eigenvalue weighted by Gasteiger charge is -2.24. The zero-order chi connectivity index (χ0) is 24.8. The summed E-state index contributed by atoms with van der Waals surface area (Å²) < 4.78 is 6.15. The Morgan fingerprint density at radius 1 is 1.18 bits per heavy atom. The minimum atomic E-state index is -0.661. The van der Waals surface area contributed by atoms with E-state index < -0.39 is 23.1 Å². The van der Waals surface area contributed by atoms with Crippen LogP contribution in [0.25, 0.3) is 11.0 Å². The molecule has 2 heterocycles. The lowest BCUT2D eigenvalue weighted by atomic mass is 10.0. The van der Waals surface area contributed by atoms with Crippen molar-refractivity contribution < 1.29 is 14.3 Å². The molecular weight excluding hydrogens is 436 g/mol. The molecule has 34 heavy (non-hydrogen) atoms. The Hall–Kier alpha value is -3.75. The van der Waals surface area contributed by atoms with Crippen molar-refractivity contribution in [2.24, 2.45) is 0 Å². The first-order valence-electron chi connectivity index (χ1n) is 11.3. The maximum atomic E-state index is 13.9. The Morgan fingerprint density at radius 3 is 2.50 bits per heavy atom. The molecule has 0 unspecified atom stereocenters. The Bertz CT molecular complexity index is 1290. The Morgan fingerprint density at radius 2 is 1.88 bits per heavy atom. The lowest BCUT2D eigenvalue weighted by molar-refractivity contribution is -0.140. The smallest absolute Gasteiger partial charge is 0.329 e. The number of nitrogens with zero attached hydrogens (tertiary/aromatic N) is 3. The first kappa shape index (κ1) is 24.9. The van der Waals surface area contributed by atoms with E-state index in [1.165, 1.54) is 16.6 Å². The second-order valence-corrected chi connectivity index (χ2v) is 8.40. The third-order valence-electron chi connectivity index (χ3n) is 5.55. The number of esters is 1. The van der Waals surface area contributed by atoms with Crippen LogP contribution in [-0.2, 0) is 22.6 Å². The van der Waals surface area contributed by atoms with Crippen molar-refractivity contribution >= 4 is 22.9 Å². The number of ether oxygens (including phenoxy) is 1. The van der Waals surface area contributed by atoms with Gasteiger partial charge in [-0.1, -0.05) is 51.1 Å². The highest BCUT2D eigenvalue weighted by Gasteiger charge is 2.25. The number of benzene rings is 1. The molecule has 1 N–H and O–H groups in total. The van der Waals surface area contributed by atoms with E-state index in [0.717, 1.165) is 5.56 Å². The van der Waals surface area contributed by atoms with Gasteiger partial charge in [0.2, 0.25) is 0 Å². The molecule has 0 fully saturated rings. The predicted octanol–water partition coefficient (Wildman–Crippen LogP) is 2.82. The number of aromatic amines is 1. The maximum absolute atomic E-state index is 13.9. The SMILES string of the molecule is CCCn1c(=O)[nH]c(=O)c2c(C(=O)N(CCC(=O)OC)Cc3ccccc3)cc(C(C)C)nc21. The number of H-pyrrole nitrogens is 1. The van der Waals surface area contributed by atoms with Gasteiger partial charge in [-0.2, -0.15) is 0 Å². The van der Waals surface area contributed by atoms with Gasteiger partial charge in [-0.15, -0.1) is 0 Å². The van der Waals surface area contributed by atoms with Gasteiger partial charge in [0.1, 0.15) is 0 Å². The van der Waals surface area contributed by atoms with E-state index in [9.17, 15) is 19.2 Å². The molecule has 0 saturated carbocycles. The summed E-state index contributed by atoms with van der Waals surface area (Å²) in [5.41, 5.74) is 0.598. The highest BCUT2D eigenvalue weighted by molar-refractivity contribution is 6.05. The van der Waals surface area contributed by atoms with Gasteiger partial charge in [-0.25, -0.2) is 9.78 Å². The van der Waals surface area contributed by atoms with Crippen LogP contribution in [0.3, 0.4) is 0 Å². The van der Waals surface area contributed by atoms with Crippen molar-refractivity contribution in [3.05, 3.63) is 74.1 Å². The van der Waals surface area contributed by atoms with Crippen LogP contribution >= 0.6 is 0 Å². The second kappa shape index (κ2) is 10.9. The van der Waals surface area contributed by atoms with Crippen LogP contribution in [0.1, 0.15) is 61.1 Å². The summed E-state index contributed by atoms with van der Waals surface area (Å²) in [6.07, 6.45) is 0.656. The van der Waals surface area contributed by atoms with Gasteiger partial charge in [0.05, 0.1) is 24.5 Å². The van der Waals surface area contributed by atoms with Gasteiger partial charge in [0, 0.05) is 25.3 Å². The standard InChI is InChI=1S/C25H30N4O5/c1-5-12-29-22-21(23(31)27-25(29)33)18(14-19(26-22)16(2)3)24(32)28(13-11-20(30)34-4)15-17-9-7-6-8-10-17/h6-10,14,16H,5,11-13,15H2,1-4H3,(H,27,31,33). The van der Waals surface area contributed by atoms with Gasteiger partial charge in [0.25, 0.3) is 11.5 Å². The lowest BCUT2D eigenvalue weighted by Crippen LogP contribution is -2.36. The number of carbonyl (C=O) groups excluding carboxylic acids is 2. The van der Waals surface area contributed by atoms with Gasteiger partial charge < -0.3 is 9.64 Å². The molecule has 0 atom stereocenters. The fourth-order valence-corrected chi connectivity index (χ4v) is 3.74. The number of methoxy groups -OCH3 is 1. The molecule has 3 rings (SSSR count). The average molecular weight is 467 g/mol. The van der Waals surface area contributed by atoms with Gasteiger partial charge in [0.15, 0.2) is 5.65 Å². The molecule has 9 nitrogen and oxygen atoms in total. The van der Waals surface area contributed by atoms with E-state index in [1.807, 2.05) is 51.1 Å². The average Bonchev–Trinajstić information content (AvgIpc) is 2.83. The van der Waals surface area contributed by atoms with Crippen LogP contribution in [0.2, 0.25) is 0 Å². The topological polar surface area (TPSA) is 114 Å². The van der Waals surface area contributed by atoms with Crippen LogP contribution in [0, 0.1) is 0 Å². The fourth-order valence-electron chi connectivity index (χ4n) is 3.74. The zero-order valence-corrected chi connectivity index (χ0v) is 20.0. The molecule has 1 amide bonds. The van der Waals surface area contributed by atoms with Crippen LogP contribution in [-0.4, -0.2) is 45.0 Å². The molecule has 1 aromatic carbocycles. The Kier molecular flexibility index (Phi) is 7.99. The van der Waals surface area contributed by atoms with Crippen molar-refractivity contribution in [3.8, 4) is 0 Å². The summed E-state index contributed by atoms with van der Waals surface area (Å²) >= 11 is 0. The molecule has 2 aromatic heterocycles. The van der Waals surface area contributed by atoms with Crippen molar-refractivity contribution in [1.29, 1.82) is 0 Å². The largest absolute Gasteiger partial charge is 0.469 e. The van der Waals surface area contributed by atoms with Crippen molar-refractivity contribution in [1.82, 2.24) is 19.4 Å². The number of rotatable bonds is 9. The van der Waals surface area contributed by atoms with Crippen LogP contribution in [0.5, 0.6) is 0 Å². The Labute approximate surface area is 197 Å². The van der Waals surface area contributed by atoms with Crippen molar-refractivity contribution in [3.63, 3.8) is 0 Å². The molecule has 9 heteroatoms. The summed E-state index contributed by atoms with van der Waals surface area (Å²) in [5, 5.41) is 0.0681. The predicted molar refractivity (Wildman–Crippen MR) is 129 cm³/mol. The number of hydrogen-bond acceptors (Lipinski definition) is 6. The van der Waals surface area contributed by atoms with Gasteiger partial charge in [-0.3, -0.25) is 23.9 Å². The summed E-state index contributed by atoms with van der Waals surface area (Å²) in [5.74, 6) is -0.907. The fraction of sp³-hybridized carbons (Fsp3) is 0.400. The number of pyridine rings is 1. The quantitative estimate of drug-likeness (QED) is 0.485. The summed E-state index contributed by atoms with van der Waals surface area (Å²) in [6, 6.07) is 11.0. The molecule has 0 spiro atoms. The number of hydrogen-bond donors (Lipinski definition) is 1. The third kappa shape index (κ3) is 5.41. The van der Waals surface area contributed by atoms with Crippen molar-refractivity contribution in [2.45, 2.75) is 52.6 Å². The number of carbonyl (C=O) groups is 2. The van der Waals surface area contributed by atoms with E-state index >= 15 is 0 Å². The first-order chi connectivity index (χ1) is 16.3. The molecule has 0 aliphatic heterocycles. The monoisotopic (exact) mass is 466 g/mol. The van der Waals surface area contributed by atoms with Gasteiger partial charge >= 0.3 is 11.7 Å². The third-order valence-corrected chi connectivity index (χ3v) is 5.55. The van der Waals surface area contributed by atoms with Crippen LogP contribution in [0.15, 0.2) is 46.0 Å². The van der Waals surface area contributed by atoms with E-state index in [0.29, 0.717) is 18.7 Å². The number of aryl methyl sites for hydroxylation is 1. The maximum Gasteiger partial charge on any atom is 0.329 e. The zero-order valence-electron chi connectivity index (χ0n) is 20.0. The van der Waals surface area contributed by atoms with E-state index in [4.69, 9.17) is 4.74 Å². The number of aromatic nitrogens is 3. The molecule has 3 aromatic rings. The summed E-state index contributed by atoms with van der Waals surface area (Å²) in [6.45, 7) is 6.46. The molecule has 0 aliphatic carbocycles. The molecule has 0 radical (unpaired) electrons. The molecule has 180 valence electrons. The molecule has 0 bridgehead atoms.